The Balaban J connectivity index is 3.64. The average molecular weight is 992 g/mol. The fourth-order valence-corrected chi connectivity index (χ4v) is 7.47. The lowest BCUT2D eigenvalue weighted by Crippen LogP contribution is -2.28. The van der Waals surface area contributed by atoms with Gasteiger partial charge in [-0.15, -0.1) is 0 Å². The lowest BCUT2D eigenvalue weighted by atomic mass is 10.1. The van der Waals surface area contributed by atoms with Gasteiger partial charge in [-0.3, -0.25) is 9.59 Å². The van der Waals surface area contributed by atoms with E-state index in [1.165, 1.54) is 77.0 Å². The highest BCUT2D eigenvalue weighted by molar-refractivity contribution is 5.70. The molecule has 72 heavy (non-hydrogen) atoms. The summed E-state index contributed by atoms with van der Waals surface area (Å²) >= 11 is 0. The van der Waals surface area contributed by atoms with Gasteiger partial charge in [0, 0.05) is 12.8 Å². The minimum Gasteiger partial charge on any atom is -0.462 e. The highest BCUT2D eigenvalue weighted by Gasteiger charge is 2.16. The topological polar surface area (TPSA) is 72.8 Å². The molecule has 0 saturated heterocycles. The van der Waals surface area contributed by atoms with Crippen LogP contribution in [-0.2, 0) is 19.1 Å². The van der Waals surface area contributed by atoms with E-state index < -0.39 is 6.10 Å². The predicted octanol–water partition coefficient (Wildman–Crippen LogP) is 20.0. The Morgan fingerprint density at radius 2 is 0.597 bits per heavy atom. The molecule has 0 aromatic carbocycles. The van der Waals surface area contributed by atoms with Crippen LogP contribution in [0.25, 0.3) is 0 Å². The monoisotopic (exact) mass is 991 g/mol. The van der Waals surface area contributed by atoms with Crippen LogP contribution in [0.3, 0.4) is 0 Å². The lowest BCUT2D eigenvalue weighted by molar-refractivity contribution is -0.161. The van der Waals surface area contributed by atoms with E-state index in [0.717, 1.165) is 128 Å². The molecule has 1 unspecified atom stereocenters. The number of hydrogen-bond acceptors (Lipinski definition) is 5. The van der Waals surface area contributed by atoms with Crippen molar-refractivity contribution < 1.29 is 24.2 Å². The highest BCUT2D eigenvalue weighted by atomic mass is 16.6. The van der Waals surface area contributed by atoms with Crippen molar-refractivity contribution in [2.45, 2.75) is 238 Å². The third-order valence-corrected chi connectivity index (χ3v) is 11.8. The quantitative estimate of drug-likeness (QED) is 0.0373. The van der Waals surface area contributed by atoms with E-state index in [2.05, 4.69) is 172 Å². The molecule has 0 spiro atoms. The first-order valence-corrected chi connectivity index (χ1v) is 29.0. The van der Waals surface area contributed by atoms with Gasteiger partial charge in [0.05, 0.1) is 6.61 Å². The first-order valence-electron chi connectivity index (χ1n) is 29.0. The number of carbonyl (C=O) groups excluding carboxylic acids is 2. The maximum atomic E-state index is 12.3. The molecule has 1 N–H and O–H groups in total. The van der Waals surface area contributed by atoms with E-state index in [9.17, 15) is 14.7 Å². The molecule has 0 amide bonds. The summed E-state index contributed by atoms with van der Waals surface area (Å²) in [7, 11) is 0. The number of allylic oxidation sites excluding steroid dienone is 26. The van der Waals surface area contributed by atoms with Crippen LogP contribution in [-0.4, -0.2) is 36.4 Å². The maximum Gasteiger partial charge on any atom is 0.306 e. The van der Waals surface area contributed by atoms with Crippen molar-refractivity contribution in [3.8, 4) is 0 Å². The Bertz CT molecular complexity index is 1590. The van der Waals surface area contributed by atoms with Crippen LogP contribution >= 0.6 is 0 Å². The van der Waals surface area contributed by atoms with Gasteiger partial charge >= 0.3 is 11.9 Å². The number of hydrogen-bond donors (Lipinski definition) is 1. The Kier molecular flexibility index (Phi) is 57.0. The van der Waals surface area contributed by atoms with Crippen LogP contribution in [0.2, 0.25) is 0 Å². The van der Waals surface area contributed by atoms with E-state index in [-0.39, 0.29) is 25.2 Å². The number of ether oxygens (including phenoxy) is 2. The fraction of sp³-hybridized carbons (Fsp3) is 0.582. The van der Waals surface area contributed by atoms with Crippen LogP contribution in [0.4, 0.5) is 0 Å². The van der Waals surface area contributed by atoms with Gasteiger partial charge < -0.3 is 14.6 Å². The van der Waals surface area contributed by atoms with Crippen molar-refractivity contribution in [1.29, 1.82) is 0 Å². The predicted molar refractivity (Wildman–Crippen MR) is 315 cm³/mol. The van der Waals surface area contributed by atoms with Gasteiger partial charge in [-0.1, -0.05) is 249 Å². The summed E-state index contributed by atoms with van der Waals surface area (Å²) in [5, 5.41) is 9.64. The molecule has 0 saturated carbocycles. The van der Waals surface area contributed by atoms with E-state index in [4.69, 9.17) is 9.47 Å². The summed E-state index contributed by atoms with van der Waals surface area (Å²) in [6, 6.07) is 0. The molecule has 0 aliphatic carbocycles. The molecule has 5 nitrogen and oxygen atoms in total. The van der Waals surface area contributed by atoms with Crippen LogP contribution in [0.5, 0.6) is 0 Å². The Labute approximate surface area is 443 Å². The molecule has 0 aliphatic rings. The zero-order valence-electron chi connectivity index (χ0n) is 46.1. The van der Waals surface area contributed by atoms with Crippen LogP contribution in [0, 0.1) is 0 Å². The molecule has 0 fully saturated rings. The zero-order valence-corrected chi connectivity index (χ0v) is 46.1. The van der Waals surface area contributed by atoms with Crippen molar-refractivity contribution in [2.75, 3.05) is 13.2 Å². The molecule has 1 atom stereocenters. The summed E-state index contributed by atoms with van der Waals surface area (Å²) < 4.78 is 10.7. The van der Waals surface area contributed by atoms with Crippen molar-refractivity contribution in [2.24, 2.45) is 0 Å². The number of aliphatic hydroxyl groups excluding tert-OH is 1. The largest absolute Gasteiger partial charge is 0.462 e. The first-order chi connectivity index (χ1) is 35.6. The average Bonchev–Trinajstić information content (AvgIpc) is 3.38. The van der Waals surface area contributed by atoms with Crippen molar-refractivity contribution in [3.05, 3.63) is 158 Å². The lowest BCUT2D eigenvalue weighted by Gasteiger charge is -2.15. The molecule has 0 aromatic heterocycles. The molecular weight excluding hydrogens is 885 g/mol. The molecule has 5 heteroatoms. The van der Waals surface area contributed by atoms with Crippen molar-refractivity contribution in [3.63, 3.8) is 0 Å². The number of carbonyl (C=O) groups is 2. The molecule has 0 rings (SSSR count). The number of aliphatic hydroxyl groups is 1. The molecule has 404 valence electrons. The van der Waals surface area contributed by atoms with Gasteiger partial charge in [0.15, 0.2) is 6.10 Å². The first kappa shape index (κ1) is 67.5. The smallest absolute Gasteiger partial charge is 0.306 e. The number of rotatable bonds is 51. The summed E-state index contributed by atoms with van der Waals surface area (Å²) in [5.74, 6) is -0.622. The van der Waals surface area contributed by atoms with Gasteiger partial charge in [0.25, 0.3) is 0 Å². The minimum absolute atomic E-state index is 0.0833. The van der Waals surface area contributed by atoms with E-state index in [0.29, 0.717) is 12.8 Å². The van der Waals surface area contributed by atoms with Gasteiger partial charge in [-0.25, -0.2) is 0 Å². The van der Waals surface area contributed by atoms with Crippen LogP contribution in [0.1, 0.15) is 232 Å². The van der Waals surface area contributed by atoms with Crippen LogP contribution < -0.4 is 0 Å². The van der Waals surface area contributed by atoms with Gasteiger partial charge in [0.2, 0.25) is 0 Å². The SMILES string of the molecule is CC/C=C\C/C=C\C/C=C\C/C=C\C/C=C\C/C=C\C/C=C\C/C=C\C/C=C\C/C=C\C/C=C\CCCCCCCCCC(=O)OC(CO)COC(=O)CCCCCCCCC/C=C\C/C=C\CCCCC. The number of esters is 2. The van der Waals surface area contributed by atoms with E-state index in [1.807, 2.05) is 0 Å². The van der Waals surface area contributed by atoms with Gasteiger partial charge in [0.1, 0.15) is 6.61 Å². The Morgan fingerprint density at radius 3 is 0.903 bits per heavy atom. The summed E-state index contributed by atoms with van der Waals surface area (Å²) in [6.45, 7) is 3.98. The summed E-state index contributed by atoms with van der Waals surface area (Å²) in [4.78, 5) is 24.5. The normalized spacial score (nSPS) is 13.4. The highest BCUT2D eigenvalue weighted by Crippen LogP contribution is 2.13. The fourth-order valence-electron chi connectivity index (χ4n) is 7.47. The van der Waals surface area contributed by atoms with Gasteiger partial charge in [-0.2, -0.15) is 0 Å². The summed E-state index contributed by atoms with van der Waals surface area (Å²) in [5.41, 5.74) is 0. The zero-order chi connectivity index (χ0) is 52.0. The molecule has 0 aliphatic heterocycles. The van der Waals surface area contributed by atoms with Gasteiger partial charge in [-0.05, 0) is 128 Å². The Hall–Kier alpha value is -4.48. The second-order valence-electron chi connectivity index (χ2n) is 18.6. The molecular formula is C67H106O5. The number of unbranched alkanes of at least 4 members (excludes halogenated alkanes) is 17. The van der Waals surface area contributed by atoms with E-state index >= 15 is 0 Å². The maximum absolute atomic E-state index is 12.3. The summed E-state index contributed by atoms with van der Waals surface area (Å²) in [6.07, 6.45) is 93.5. The van der Waals surface area contributed by atoms with Crippen molar-refractivity contribution >= 4 is 11.9 Å². The third kappa shape index (κ3) is 58.1. The minimum atomic E-state index is -0.793. The Morgan fingerprint density at radius 1 is 0.333 bits per heavy atom. The van der Waals surface area contributed by atoms with Crippen molar-refractivity contribution in [1.82, 2.24) is 0 Å². The second-order valence-corrected chi connectivity index (χ2v) is 18.6. The molecule has 0 radical (unpaired) electrons. The third-order valence-electron chi connectivity index (χ3n) is 11.8. The second kappa shape index (κ2) is 60.8. The molecule has 0 bridgehead atoms. The molecule has 0 aromatic rings. The van der Waals surface area contributed by atoms with Crippen LogP contribution in [0.15, 0.2) is 158 Å². The van der Waals surface area contributed by atoms with E-state index in [1.54, 1.807) is 0 Å². The standard InChI is InChI=1S/C67H106O5/c1-3-5-7-9-11-13-15-17-19-21-22-23-24-25-26-27-28-29-30-31-32-33-34-35-36-37-38-39-40-41-42-43-44-46-48-50-52-54-56-58-60-62-67(70)72-65(63-68)64-71-66(69)61-59-57-55-53-51-49-47-45-20-18-16-14-12-10-8-6-4-2/h5,7,11-14,17-20,22-23,25-26,28-29,31-32,34-35,37-38,40-41,43-44,65,68H,3-4,6,8-10,15-16,21,24,27,30,33,36,39,42,45-64H2,1-2H3/b7-5-,13-11-,14-12-,19-17-,20-18-,23-22-,26-25-,29-28-,32-31-,35-34-,38-37-,41-40-,44-43-. The molecule has 0 heterocycles.